The fourth-order valence-electron chi connectivity index (χ4n) is 2.65. The smallest absolute Gasteiger partial charge is 0.329 e. The first-order valence-corrected chi connectivity index (χ1v) is 6.22. The van der Waals surface area contributed by atoms with E-state index in [0.717, 1.165) is 19.5 Å². The van der Waals surface area contributed by atoms with Gasteiger partial charge in [-0.15, -0.1) is 0 Å². The van der Waals surface area contributed by atoms with Gasteiger partial charge in [-0.3, -0.25) is 4.79 Å². The lowest BCUT2D eigenvalue weighted by Crippen LogP contribution is -2.56. The number of rotatable bonds is 3. The molecule has 2 heterocycles. The first-order chi connectivity index (χ1) is 7.97. The zero-order valence-corrected chi connectivity index (χ0v) is 10.4. The Kier molecular flexibility index (Phi) is 3.12. The number of carbonyl (C=O) groups excluding carboxylic acids is 1. The van der Waals surface area contributed by atoms with Crippen molar-refractivity contribution < 1.29 is 14.7 Å². The Hall–Kier alpha value is -1.10. The predicted octanol–water partition coefficient (Wildman–Crippen LogP) is 0.308. The summed E-state index contributed by atoms with van der Waals surface area (Å²) in [6.45, 7) is 5.88. The second-order valence-electron chi connectivity index (χ2n) is 5.38. The van der Waals surface area contributed by atoms with Crippen LogP contribution in [0.25, 0.3) is 0 Å². The van der Waals surface area contributed by atoms with Gasteiger partial charge in [0.15, 0.2) is 0 Å². The molecule has 96 valence electrons. The Morgan fingerprint density at radius 2 is 2.12 bits per heavy atom. The lowest BCUT2D eigenvalue weighted by atomic mass is 9.87. The molecule has 0 spiro atoms. The van der Waals surface area contributed by atoms with Crippen LogP contribution in [0, 0.1) is 11.8 Å². The first kappa shape index (κ1) is 12.4. The molecule has 2 fully saturated rings. The van der Waals surface area contributed by atoms with E-state index in [-0.39, 0.29) is 11.8 Å². The highest BCUT2D eigenvalue weighted by Gasteiger charge is 2.47. The van der Waals surface area contributed by atoms with Gasteiger partial charge in [0.25, 0.3) is 0 Å². The van der Waals surface area contributed by atoms with E-state index >= 15 is 0 Å². The van der Waals surface area contributed by atoms with Gasteiger partial charge >= 0.3 is 5.97 Å². The van der Waals surface area contributed by atoms with E-state index in [0.29, 0.717) is 18.9 Å². The average Bonchev–Trinajstić information content (AvgIpc) is 2.58. The third kappa shape index (κ3) is 1.92. The van der Waals surface area contributed by atoms with Crippen molar-refractivity contribution in [2.75, 3.05) is 19.6 Å². The Balaban J connectivity index is 2.10. The molecule has 2 N–H and O–H groups in total. The molecule has 0 bridgehead atoms. The van der Waals surface area contributed by atoms with Crippen LogP contribution in [-0.2, 0) is 9.59 Å². The molecular weight excluding hydrogens is 220 g/mol. The highest BCUT2D eigenvalue weighted by atomic mass is 16.4. The van der Waals surface area contributed by atoms with E-state index in [1.54, 1.807) is 11.8 Å². The average molecular weight is 240 g/mol. The third-order valence-corrected chi connectivity index (χ3v) is 4.28. The van der Waals surface area contributed by atoms with E-state index in [1.165, 1.54) is 0 Å². The van der Waals surface area contributed by atoms with Crippen molar-refractivity contribution in [1.29, 1.82) is 0 Å². The van der Waals surface area contributed by atoms with Crippen molar-refractivity contribution in [3.05, 3.63) is 0 Å². The van der Waals surface area contributed by atoms with E-state index < -0.39 is 11.5 Å². The van der Waals surface area contributed by atoms with Crippen molar-refractivity contribution in [3.8, 4) is 0 Å². The monoisotopic (exact) mass is 240 g/mol. The molecule has 0 aliphatic carbocycles. The molecule has 5 heteroatoms. The van der Waals surface area contributed by atoms with Crippen LogP contribution in [0.3, 0.4) is 0 Å². The summed E-state index contributed by atoms with van der Waals surface area (Å²) >= 11 is 0. The lowest BCUT2D eigenvalue weighted by molar-refractivity contribution is -0.157. The minimum Gasteiger partial charge on any atom is -0.480 e. The van der Waals surface area contributed by atoms with Crippen LogP contribution in [0.5, 0.6) is 0 Å². The number of nitrogens with zero attached hydrogens (tertiary/aromatic N) is 1. The van der Waals surface area contributed by atoms with Gasteiger partial charge < -0.3 is 15.3 Å². The maximum absolute atomic E-state index is 12.3. The lowest BCUT2D eigenvalue weighted by Gasteiger charge is -2.38. The van der Waals surface area contributed by atoms with Gasteiger partial charge in [0, 0.05) is 12.5 Å². The first-order valence-electron chi connectivity index (χ1n) is 6.22. The second kappa shape index (κ2) is 4.29. The molecule has 5 nitrogen and oxygen atoms in total. The Labute approximate surface area is 101 Å². The third-order valence-electron chi connectivity index (χ3n) is 4.28. The van der Waals surface area contributed by atoms with Crippen LogP contribution >= 0.6 is 0 Å². The molecule has 0 aromatic carbocycles. The fraction of sp³-hybridized carbons (Fsp3) is 0.833. The topological polar surface area (TPSA) is 69.6 Å². The van der Waals surface area contributed by atoms with E-state index in [2.05, 4.69) is 5.32 Å². The molecule has 0 aromatic rings. The summed E-state index contributed by atoms with van der Waals surface area (Å²) < 4.78 is 0. The summed E-state index contributed by atoms with van der Waals surface area (Å²) in [5.74, 6) is -0.602. The molecule has 2 atom stereocenters. The number of hydrogen-bond donors (Lipinski definition) is 2. The van der Waals surface area contributed by atoms with Crippen molar-refractivity contribution in [2.24, 2.45) is 11.8 Å². The normalized spacial score (nSPS) is 31.1. The molecule has 1 amide bonds. The molecule has 0 saturated carbocycles. The standard InChI is InChI=1S/C12H20N2O3/c1-8(9-6-13-7-9)10(15)14-5-3-4-12(14,2)11(16)17/h8-9,13H,3-7H2,1-2H3,(H,16,17). The minimum absolute atomic E-state index is 0.00102. The summed E-state index contributed by atoms with van der Waals surface area (Å²) in [6, 6.07) is 0. The molecule has 2 rings (SSSR count). The Morgan fingerprint density at radius 1 is 1.47 bits per heavy atom. The Morgan fingerprint density at radius 3 is 2.59 bits per heavy atom. The van der Waals surface area contributed by atoms with Crippen molar-refractivity contribution in [1.82, 2.24) is 10.2 Å². The highest BCUT2D eigenvalue weighted by Crippen LogP contribution is 2.32. The summed E-state index contributed by atoms with van der Waals surface area (Å²) in [5.41, 5.74) is -0.998. The molecule has 2 unspecified atom stereocenters. The maximum Gasteiger partial charge on any atom is 0.329 e. The van der Waals surface area contributed by atoms with Gasteiger partial charge in [-0.25, -0.2) is 4.79 Å². The van der Waals surface area contributed by atoms with Crippen LogP contribution in [0.4, 0.5) is 0 Å². The summed E-state index contributed by atoms with van der Waals surface area (Å²) in [4.78, 5) is 25.2. The van der Waals surface area contributed by atoms with Crippen molar-refractivity contribution >= 4 is 11.9 Å². The summed E-state index contributed by atoms with van der Waals surface area (Å²) in [6.07, 6.45) is 1.34. The highest BCUT2D eigenvalue weighted by molar-refractivity contribution is 5.88. The van der Waals surface area contributed by atoms with Crippen LogP contribution < -0.4 is 5.32 Å². The van der Waals surface area contributed by atoms with E-state index in [9.17, 15) is 14.7 Å². The summed E-state index contributed by atoms with van der Waals surface area (Å²) in [7, 11) is 0. The minimum atomic E-state index is -0.998. The molecule has 2 saturated heterocycles. The van der Waals surface area contributed by atoms with Gasteiger partial charge in [0.05, 0.1) is 0 Å². The number of aliphatic carboxylic acids is 1. The fourth-order valence-corrected chi connectivity index (χ4v) is 2.65. The van der Waals surface area contributed by atoms with Gasteiger partial charge in [0.1, 0.15) is 5.54 Å². The molecular formula is C12H20N2O3. The maximum atomic E-state index is 12.3. The van der Waals surface area contributed by atoms with E-state index in [1.807, 2.05) is 6.92 Å². The van der Waals surface area contributed by atoms with Gasteiger partial charge in [-0.2, -0.15) is 0 Å². The number of amides is 1. The van der Waals surface area contributed by atoms with Crippen LogP contribution in [0.1, 0.15) is 26.7 Å². The van der Waals surface area contributed by atoms with Crippen molar-refractivity contribution in [2.45, 2.75) is 32.2 Å². The van der Waals surface area contributed by atoms with Crippen LogP contribution in [0.15, 0.2) is 0 Å². The largest absolute Gasteiger partial charge is 0.480 e. The number of likely N-dealkylation sites (tertiary alicyclic amines) is 1. The number of carboxylic acids is 1. The molecule has 2 aliphatic heterocycles. The van der Waals surface area contributed by atoms with Crippen molar-refractivity contribution in [3.63, 3.8) is 0 Å². The molecule has 17 heavy (non-hydrogen) atoms. The van der Waals surface area contributed by atoms with E-state index in [4.69, 9.17) is 0 Å². The predicted molar refractivity (Wildman–Crippen MR) is 62.5 cm³/mol. The number of nitrogens with one attached hydrogen (secondary N) is 1. The summed E-state index contributed by atoms with van der Waals surface area (Å²) in [5, 5.41) is 12.4. The number of hydrogen-bond acceptors (Lipinski definition) is 3. The van der Waals surface area contributed by atoms with Gasteiger partial charge in [-0.1, -0.05) is 6.92 Å². The van der Waals surface area contributed by atoms with Gasteiger partial charge in [0.2, 0.25) is 5.91 Å². The Bertz CT molecular complexity index is 341. The number of carbonyl (C=O) groups is 2. The molecule has 0 radical (unpaired) electrons. The molecule has 0 aromatic heterocycles. The zero-order chi connectivity index (χ0) is 12.6. The SMILES string of the molecule is CC(C(=O)N1CCCC1(C)C(=O)O)C1CNC1. The quantitative estimate of drug-likeness (QED) is 0.745. The van der Waals surface area contributed by atoms with Crippen LogP contribution in [0.2, 0.25) is 0 Å². The molecule has 2 aliphatic rings. The van der Waals surface area contributed by atoms with Gasteiger partial charge in [-0.05, 0) is 38.8 Å². The number of carboxylic acid groups (broad SMARTS) is 1. The zero-order valence-electron chi connectivity index (χ0n) is 10.4. The van der Waals surface area contributed by atoms with Crippen LogP contribution in [-0.4, -0.2) is 47.1 Å². The second-order valence-corrected chi connectivity index (χ2v) is 5.38.